The summed E-state index contributed by atoms with van der Waals surface area (Å²) in [5, 5.41) is 10.3. The van der Waals surface area contributed by atoms with Gasteiger partial charge in [-0.1, -0.05) is 29.8 Å². The molecule has 3 aromatic rings. The molecule has 2 aromatic heterocycles. The van der Waals surface area contributed by atoms with Gasteiger partial charge >= 0.3 is 5.97 Å². The number of hydrogen-bond donors (Lipinski definition) is 2. The third-order valence-corrected chi connectivity index (χ3v) is 4.80. The first-order valence-electron chi connectivity index (χ1n) is 6.63. The van der Waals surface area contributed by atoms with Gasteiger partial charge in [0.2, 0.25) is 0 Å². The van der Waals surface area contributed by atoms with Crippen molar-refractivity contribution in [1.29, 1.82) is 0 Å². The molecule has 6 heteroatoms. The Hall–Kier alpha value is -2.11. The molecule has 0 bridgehead atoms. The Labute approximate surface area is 135 Å². The monoisotopic (exact) mass is 333 g/mol. The number of Topliss-reactive ketones (excluding diaryl/α,β-unsaturated/α-hetero) is 1. The zero-order valence-corrected chi connectivity index (χ0v) is 12.9. The highest BCUT2D eigenvalue weighted by molar-refractivity contribution is 7.18. The molecular formula is C16H12ClNO3S. The molecule has 0 amide bonds. The molecule has 0 radical (unpaired) electrons. The Kier molecular flexibility index (Phi) is 4.00. The quantitative estimate of drug-likeness (QED) is 0.683. The number of aromatic amines is 1. The zero-order chi connectivity index (χ0) is 15.7. The molecule has 1 atom stereocenters. The van der Waals surface area contributed by atoms with Crippen LogP contribution in [0.4, 0.5) is 0 Å². The molecule has 4 nitrogen and oxygen atoms in total. The number of carboxylic acids is 1. The Morgan fingerprint density at radius 2 is 2.00 bits per heavy atom. The predicted octanol–water partition coefficient (Wildman–Crippen LogP) is 4.32. The molecule has 0 spiro atoms. The van der Waals surface area contributed by atoms with Gasteiger partial charge in [0, 0.05) is 23.5 Å². The van der Waals surface area contributed by atoms with Crippen LogP contribution in [0.25, 0.3) is 10.9 Å². The van der Waals surface area contributed by atoms with E-state index in [-0.39, 0.29) is 12.2 Å². The van der Waals surface area contributed by atoms with Gasteiger partial charge in [0.05, 0.1) is 15.1 Å². The molecule has 0 saturated carbocycles. The van der Waals surface area contributed by atoms with Gasteiger partial charge in [-0.25, -0.2) is 0 Å². The summed E-state index contributed by atoms with van der Waals surface area (Å²) in [6.07, 6.45) is 1.58. The normalized spacial score (nSPS) is 12.4. The van der Waals surface area contributed by atoms with Gasteiger partial charge in [0.1, 0.15) is 0 Å². The number of fused-ring (bicyclic) bond motifs is 1. The Morgan fingerprint density at radius 1 is 1.23 bits per heavy atom. The number of nitrogens with one attached hydrogen (secondary N) is 1. The van der Waals surface area contributed by atoms with Gasteiger partial charge in [0.25, 0.3) is 0 Å². The number of aliphatic carboxylic acids is 1. The topological polar surface area (TPSA) is 70.2 Å². The van der Waals surface area contributed by atoms with Crippen LogP contribution in [-0.2, 0) is 4.79 Å². The second-order valence-electron chi connectivity index (χ2n) is 4.91. The molecule has 22 heavy (non-hydrogen) atoms. The number of H-pyrrole nitrogens is 1. The summed E-state index contributed by atoms with van der Waals surface area (Å²) in [5.74, 6) is -2.11. The first kappa shape index (κ1) is 14.8. The Bertz CT molecular complexity index is 852. The number of para-hydroxylation sites is 1. The molecule has 1 unspecified atom stereocenters. The van der Waals surface area contributed by atoms with Crippen molar-refractivity contribution in [3.8, 4) is 0 Å². The van der Waals surface area contributed by atoms with E-state index in [9.17, 15) is 14.7 Å². The number of benzene rings is 1. The van der Waals surface area contributed by atoms with E-state index in [1.807, 2.05) is 24.3 Å². The number of halogens is 1. The van der Waals surface area contributed by atoms with Crippen molar-refractivity contribution < 1.29 is 14.7 Å². The maximum atomic E-state index is 12.3. The minimum atomic E-state index is -1.01. The van der Waals surface area contributed by atoms with Gasteiger partial charge < -0.3 is 10.1 Å². The van der Waals surface area contributed by atoms with Crippen LogP contribution in [0, 0.1) is 0 Å². The van der Waals surface area contributed by atoms with Crippen molar-refractivity contribution in [3.63, 3.8) is 0 Å². The van der Waals surface area contributed by atoms with Crippen LogP contribution in [0.2, 0.25) is 4.34 Å². The smallest absolute Gasteiger partial charge is 0.311 e. The number of ketones is 1. The minimum Gasteiger partial charge on any atom is -0.481 e. The van der Waals surface area contributed by atoms with E-state index in [1.165, 1.54) is 11.3 Å². The second kappa shape index (κ2) is 5.94. The van der Waals surface area contributed by atoms with Crippen molar-refractivity contribution in [2.45, 2.75) is 12.3 Å². The fourth-order valence-corrected chi connectivity index (χ4v) is 3.45. The van der Waals surface area contributed by atoms with Crippen molar-refractivity contribution in [2.24, 2.45) is 0 Å². The maximum absolute atomic E-state index is 12.3. The number of carbonyl (C=O) groups is 2. The van der Waals surface area contributed by atoms with Crippen LogP contribution in [0.3, 0.4) is 0 Å². The SMILES string of the molecule is O=C(CC(C(=O)O)c1c[nH]c2ccccc12)c1ccc(Cl)s1. The summed E-state index contributed by atoms with van der Waals surface area (Å²) in [5.41, 5.74) is 1.48. The Morgan fingerprint density at radius 3 is 2.68 bits per heavy atom. The predicted molar refractivity (Wildman–Crippen MR) is 87.0 cm³/mol. The number of aromatic nitrogens is 1. The summed E-state index contributed by atoms with van der Waals surface area (Å²) in [4.78, 5) is 27.4. The minimum absolute atomic E-state index is 0.0893. The Balaban J connectivity index is 1.93. The molecule has 1 aromatic carbocycles. The molecule has 0 fully saturated rings. The second-order valence-corrected chi connectivity index (χ2v) is 6.63. The van der Waals surface area contributed by atoms with Crippen molar-refractivity contribution in [1.82, 2.24) is 4.98 Å². The van der Waals surface area contributed by atoms with Gasteiger partial charge in [-0.05, 0) is 23.8 Å². The van der Waals surface area contributed by atoms with E-state index in [2.05, 4.69) is 4.98 Å². The maximum Gasteiger partial charge on any atom is 0.311 e. The first-order chi connectivity index (χ1) is 10.6. The molecule has 112 valence electrons. The van der Waals surface area contributed by atoms with E-state index >= 15 is 0 Å². The lowest BCUT2D eigenvalue weighted by Gasteiger charge is -2.10. The van der Waals surface area contributed by atoms with Crippen molar-refractivity contribution in [2.75, 3.05) is 0 Å². The van der Waals surface area contributed by atoms with Crippen molar-refractivity contribution in [3.05, 3.63) is 57.4 Å². The fraction of sp³-hybridized carbons (Fsp3) is 0.125. The molecule has 0 aliphatic heterocycles. The highest BCUT2D eigenvalue weighted by Crippen LogP contribution is 2.31. The van der Waals surface area contributed by atoms with Gasteiger partial charge in [-0.15, -0.1) is 11.3 Å². The lowest BCUT2D eigenvalue weighted by molar-refractivity contribution is -0.138. The lowest BCUT2D eigenvalue weighted by atomic mass is 9.93. The van der Waals surface area contributed by atoms with E-state index in [0.717, 1.165) is 10.9 Å². The van der Waals surface area contributed by atoms with E-state index < -0.39 is 11.9 Å². The number of carbonyl (C=O) groups excluding carboxylic acids is 1. The first-order valence-corrected chi connectivity index (χ1v) is 7.83. The van der Waals surface area contributed by atoms with Crippen LogP contribution >= 0.6 is 22.9 Å². The number of rotatable bonds is 5. The number of thiophene rings is 1. The van der Waals surface area contributed by atoms with E-state index in [1.54, 1.807) is 18.3 Å². The summed E-state index contributed by atoms with van der Waals surface area (Å²) in [6.45, 7) is 0. The molecule has 2 heterocycles. The highest BCUT2D eigenvalue weighted by atomic mass is 35.5. The fourth-order valence-electron chi connectivity index (χ4n) is 2.46. The van der Waals surface area contributed by atoms with Crippen LogP contribution in [0.15, 0.2) is 42.6 Å². The van der Waals surface area contributed by atoms with E-state index in [0.29, 0.717) is 14.8 Å². The molecule has 0 saturated heterocycles. The number of carboxylic acid groups (broad SMARTS) is 1. The van der Waals surface area contributed by atoms with E-state index in [4.69, 9.17) is 11.6 Å². The van der Waals surface area contributed by atoms with Crippen LogP contribution < -0.4 is 0 Å². The largest absolute Gasteiger partial charge is 0.481 e. The van der Waals surface area contributed by atoms with Crippen LogP contribution in [-0.4, -0.2) is 21.8 Å². The summed E-state index contributed by atoms with van der Waals surface area (Å²) < 4.78 is 0.516. The highest BCUT2D eigenvalue weighted by Gasteiger charge is 2.26. The van der Waals surface area contributed by atoms with Gasteiger partial charge in [0.15, 0.2) is 5.78 Å². The molecular weight excluding hydrogens is 322 g/mol. The van der Waals surface area contributed by atoms with Gasteiger partial charge in [-0.2, -0.15) is 0 Å². The summed E-state index contributed by atoms with van der Waals surface area (Å²) in [7, 11) is 0. The van der Waals surface area contributed by atoms with Crippen molar-refractivity contribution >= 4 is 45.6 Å². The standard InChI is InChI=1S/C16H12ClNO3S/c17-15-6-5-14(22-15)13(19)7-10(16(20)21)11-8-18-12-4-2-1-3-9(11)12/h1-6,8,10,18H,7H2,(H,20,21). The van der Waals surface area contributed by atoms with Crippen LogP contribution in [0.1, 0.15) is 27.6 Å². The molecule has 2 N–H and O–H groups in total. The number of hydrogen-bond acceptors (Lipinski definition) is 3. The average Bonchev–Trinajstić information content (AvgIpc) is 3.10. The third-order valence-electron chi connectivity index (χ3n) is 3.53. The lowest BCUT2D eigenvalue weighted by Crippen LogP contribution is -2.15. The molecule has 3 rings (SSSR count). The average molecular weight is 334 g/mol. The van der Waals surface area contributed by atoms with Crippen LogP contribution in [0.5, 0.6) is 0 Å². The summed E-state index contributed by atoms with van der Waals surface area (Å²) >= 11 is 6.99. The third kappa shape index (κ3) is 2.77. The van der Waals surface area contributed by atoms with Gasteiger partial charge in [-0.3, -0.25) is 9.59 Å². The molecule has 0 aliphatic rings. The zero-order valence-electron chi connectivity index (χ0n) is 11.4. The molecule has 0 aliphatic carbocycles. The summed E-state index contributed by atoms with van der Waals surface area (Å²) in [6, 6.07) is 10.7.